The van der Waals surface area contributed by atoms with Gasteiger partial charge in [-0.1, -0.05) is 13.0 Å². The van der Waals surface area contributed by atoms with E-state index in [4.69, 9.17) is 0 Å². The van der Waals surface area contributed by atoms with Crippen LogP contribution in [0.3, 0.4) is 0 Å². The van der Waals surface area contributed by atoms with Crippen LogP contribution in [0.1, 0.15) is 5.56 Å². The van der Waals surface area contributed by atoms with Gasteiger partial charge in [-0.05, 0) is 0 Å². The van der Waals surface area contributed by atoms with Crippen LogP contribution in [0.15, 0.2) is 36.4 Å². The van der Waals surface area contributed by atoms with Crippen molar-refractivity contribution in [2.75, 3.05) is 0 Å². The van der Waals surface area contributed by atoms with E-state index in [1.54, 1.807) is 0 Å². The maximum Gasteiger partial charge on any atom is 4.00 e. The molecule has 2 aromatic rings. The molecule has 0 N–H and O–H groups in total. The Kier molecular flexibility index (Phi) is 12.7. The molecule has 0 amide bonds. The third kappa shape index (κ3) is 4.40. The van der Waals surface area contributed by atoms with Gasteiger partial charge in [0.25, 0.3) is 0 Å². The smallest absolute Gasteiger partial charge is 1.00 e. The number of rotatable bonds is 0. The van der Waals surface area contributed by atoms with Gasteiger partial charge in [0, 0.05) is 0 Å². The van der Waals surface area contributed by atoms with Crippen LogP contribution in [-0.4, -0.2) is 0 Å². The van der Waals surface area contributed by atoms with Crippen molar-refractivity contribution in [3.63, 3.8) is 0 Å². The zero-order valence-corrected chi connectivity index (χ0v) is 12.3. The molecule has 0 aliphatic carbocycles. The van der Waals surface area contributed by atoms with Crippen LogP contribution < -0.4 is 37.2 Å². The largest absolute Gasteiger partial charge is 4.00 e. The Morgan fingerprint density at radius 2 is 1.57 bits per heavy atom. The number of benzene rings is 1. The van der Waals surface area contributed by atoms with Crippen LogP contribution in [0, 0.1) is 6.92 Å². The fraction of sp³-hybridized carbons (Fsp3) is 0.100. The molecule has 0 heterocycles. The molecule has 0 aliphatic heterocycles. The molecule has 0 atom stereocenters. The summed E-state index contributed by atoms with van der Waals surface area (Å²) in [5.41, 5.74) is 1.35. The van der Waals surface area contributed by atoms with Crippen molar-refractivity contribution in [1.29, 1.82) is 0 Å². The minimum Gasteiger partial charge on any atom is -1.00 e. The monoisotopic (exact) mass is 324 g/mol. The minimum absolute atomic E-state index is 0. The summed E-state index contributed by atoms with van der Waals surface area (Å²) in [5.74, 6) is 0. The van der Waals surface area contributed by atoms with Gasteiger partial charge in [-0.2, -0.15) is 6.07 Å². The number of hydrogen-bond acceptors (Lipinski definition) is 0. The molecule has 0 fully saturated rings. The number of hydrogen-bond donors (Lipinski definition) is 0. The normalized spacial score (nSPS) is 7.50. The summed E-state index contributed by atoms with van der Waals surface area (Å²) < 4.78 is 0. The quantitative estimate of drug-likeness (QED) is 0.423. The van der Waals surface area contributed by atoms with Gasteiger partial charge >= 0.3 is 26.2 Å². The van der Waals surface area contributed by atoms with Crippen LogP contribution in [-0.2, 0) is 26.2 Å². The molecule has 0 spiro atoms. The maximum atomic E-state index is 2.20. The van der Waals surface area contributed by atoms with Gasteiger partial charge in [-0.25, -0.2) is 0 Å². The van der Waals surface area contributed by atoms with E-state index in [0.717, 1.165) is 0 Å². The van der Waals surface area contributed by atoms with Gasteiger partial charge in [-0.15, -0.1) is 40.6 Å². The molecule has 2 aromatic carbocycles. The van der Waals surface area contributed by atoms with Crippen molar-refractivity contribution in [3.8, 4) is 0 Å². The number of fused-ring (bicyclic) bond motifs is 1. The van der Waals surface area contributed by atoms with Crippen LogP contribution in [0.25, 0.3) is 10.8 Å². The second kappa shape index (κ2) is 8.86. The Balaban J connectivity index is -0.000000302. The molecular weight excluding hydrogens is 318 g/mol. The molecule has 74 valence electrons. The molecule has 2 rings (SSSR count). The molecule has 0 saturated heterocycles. The molecule has 14 heavy (non-hydrogen) atoms. The van der Waals surface area contributed by atoms with E-state index in [1.165, 1.54) is 16.3 Å². The maximum absolute atomic E-state index is 2.20. The SMILES string of the molecule is Cc1cc2ccccc2[cH-]1.[Cl-].[Cl-].[Cl-].[Zr+4]. The predicted octanol–water partition coefficient (Wildman–Crippen LogP) is -6.12. The Morgan fingerprint density at radius 3 is 2.14 bits per heavy atom. The van der Waals surface area contributed by atoms with Gasteiger partial charge in [0.15, 0.2) is 0 Å². The summed E-state index contributed by atoms with van der Waals surface area (Å²) in [6.07, 6.45) is 0. The van der Waals surface area contributed by atoms with E-state index < -0.39 is 0 Å². The van der Waals surface area contributed by atoms with Crippen molar-refractivity contribution in [2.45, 2.75) is 6.92 Å². The van der Waals surface area contributed by atoms with Gasteiger partial charge in [0.05, 0.1) is 0 Å². The summed E-state index contributed by atoms with van der Waals surface area (Å²) >= 11 is 0. The molecule has 4 heteroatoms. The van der Waals surface area contributed by atoms with Gasteiger partial charge in [0.2, 0.25) is 0 Å². The minimum atomic E-state index is 0. The Labute approximate surface area is 122 Å². The Bertz CT molecular complexity index is 324. The summed E-state index contributed by atoms with van der Waals surface area (Å²) in [6, 6.07) is 12.8. The van der Waals surface area contributed by atoms with Crippen LogP contribution in [0.5, 0.6) is 0 Å². The van der Waals surface area contributed by atoms with E-state index in [2.05, 4.69) is 43.3 Å². The van der Waals surface area contributed by atoms with Crippen molar-refractivity contribution < 1.29 is 63.4 Å². The first-order valence-electron chi connectivity index (χ1n) is 3.48. The average Bonchev–Trinajstić information content (AvgIpc) is 2.27. The average molecular weight is 327 g/mol. The first kappa shape index (κ1) is 20.1. The number of halogens is 3. The molecule has 0 bridgehead atoms. The number of aryl methyl sites for hydroxylation is 1. The predicted molar refractivity (Wildman–Crippen MR) is 44.3 cm³/mol. The van der Waals surface area contributed by atoms with Gasteiger partial charge < -0.3 is 37.2 Å². The van der Waals surface area contributed by atoms with Crippen molar-refractivity contribution in [3.05, 3.63) is 42.0 Å². The molecule has 0 saturated carbocycles. The Hall–Kier alpha value is 0.583. The zero-order valence-electron chi connectivity index (χ0n) is 7.60. The second-order valence-electron chi connectivity index (χ2n) is 2.66. The summed E-state index contributed by atoms with van der Waals surface area (Å²) in [7, 11) is 0. The first-order chi connectivity index (χ1) is 4.86. The summed E-state index contributed by atoms with van der Waals surface area (Å²) in [6.45, 7) is 2.12. The van der Waals surface area contributed by atoms with Crippen LogP contribution >= 0.6 is 0 Å². The third-order valence-corrected chi connectivity index (χ3v) is 1.76. The standard InChI is InChI=1S/C10H9.3ClH.Zr/c1-8-6-9-4-2-3-5-10(9)7-8;;;;/h2-7H,1H3;3*1H;/q-1;;;;+4/p-3. The van der Waals surface area contributed by atoms with E-state index in [9.17, 15) is 0 Å². The molecular formula is C10H9Cl3Zr. The second-order valence-corrected chi connectivity index (χ2v) is 2.66. The zero-order chi connectivity index (χ0) is 6.97. The van der Waals surface area contributed by atoms with Crippen LogP contribution in [0.4, 0.5) is 0 Å². The topological polar surface area (TPSA) is 0 Å². The fourth-order valence-electron chi connectivity index (χ4n) is 1.31. The molecule has 0 radical (unpaired) electrons. The molecule has 0 unspecified atom stereocenters. The third-order valence-electron chi connectivity index (χ3n) is 1.76. The Morgan fingerprint density at radius 1 is 1.00 bits per heavy atom. The van der Waals surface area contributed by atoms with E-state index in [1.807, 2.05) is 0 Å². The van der Waals surface area contributed by atoms with Gasteiger partial charge in [0.1, 0.15) is 0 Å². The summed E-state index contributed by atoms with van der Waals surface area (Å²) in [5, 5.41) is 2.69. The first-order valence-corrected chi connectivity index (χ1v) is 3.48. The summed E-state index contributed by atoms with van der Waals surface area (Å²) in [4.78, 5) is 0. The van der Waals surface area contributed by atoms with Crippen molar-refractivity contribution in [1.82, 2.24) is 0 Å². The van der Waals surface area contributed by atoms with E-state index in [0.29, 0.717) is 0 Å². The molecule has 0 nitrogen and oxygen atoms in total. The van der Waals surface area contributed by atoms with E-state index in [-0.39, 0.29) is 63.4 Å². The molecule has 0 aromatic heterocycles. The molecule has 0 aliphatic rings. The fourth-order valence-corrected chi connectivity index (χ4v) is 1.31. The van der Waals surface area contributed by atoms with E-state index >= 15 is 0 Å². The van der Waals surface area contributed by atoms with Crippen molar-refractivity contribution >= 4 is 10.8 Å². The van der Waals surface area contributed by atoms with Gasteiger partial charge in [-0.3, -0.25) is 0 Å². The van der Waals surface area contributed by atoms with Crippen LogP contribution in [0.2, 0.25) is 0 Å². The van der Waals surface area contributed by atoms with Crippen molar-refractivity contribution in [2.24, 2.45) is 0 Å².